The standard InChI is InChI=1S/C10H22O4S2/c1-9(2)7-15(11,12)5-6-16(13,14)8-10(3)4/h9-10H,5-8H2,1-4H3. The first-order valence-corrected chi connectivity index (χ1v) is 9.09. The second-order valence-electron chi connectivity index (χ2n) is 5.02. The summed E-state index contributed by atoms with van der Waals surface area (Å²) in [6.07, 6.45) is 0. The molecule has 0 N–H and O–H groups in total. The quantitative estimate of drug-likeness (QED) is 0.695. The molecule has 0 aliphatic rings. The predicted octanol–water partition coefficient (Wildman–Crippen LogP) is 1.13. The summed E-state index contributed by atoms with van der Waals surface area (Å²) in [7, 11) is -6.46. The SMILES string of the molecule is CC(C)CS(=O)(=O)CCS(=O)(=O)CC(C)C. The van der Waals surface area contributed by atoms with Crippen LogP contribution in [0.2, 0.25) is 0 Å². The number of hydrogen-bond donors (Lipinski definition) is 0. The monoisotopic (exact) mass is 270 g/mol. The van der Waals surface area contributed by atoms with Gasteiger partial charge in [-0.05, 0) is 11.8 Å². The predicted molar refractivity (Wildman–Crippen MR) is 67.0 cm³/mol. The molecule has 0 saturated carbocycles. The van der Waals surface area contributed by atoms with Gasteiger partial charge in [-0.15, -0.1) is 0 Å². The van der Waals surface area contributed by atoms with Crippen molar-refractivity contribution in [3.8, 4) is 0 Å². The minimum atomic E-state index is -3.23. The molecule has 4 nitrogen and oxygen atoms in total. The molecule has 0 aromatic heterocycles. The summed E-state index contributed by atoms with van der Waals surface area (Å²) in [5, 5.41) is 0. The van der Waals surface area contributed by atoms with Gasteiger partial charge >= 0.3 is 0 Å². The largest absolute Gasteiger partial charge is 0.229 e. The normalized spacial score (nSPS) is 13.6. The van der Waals surface area contributed by atoms with Crippen molar-refractivity contribution < 1.29 is 16.8 Å². The van der Waals surface area contributed by atoms with E-state index in [9.17, 15) is 16.8 Å². The molecule has 0 aromatic carbocycles. The van der Waals surface area contributed by atoms with Crippen LogP contribution in [0.5, 0.6) is 0 Å². The van der Waals surface area contributed by atoms with Crippen LogP contribution in [0.4, 0.5) is 0 Å². The Morgan fingerprint density at radius 2 is 0.938 bits per heavy atom. The van der Waals surface area contributed by atoms with Gasteiger partial charge in [-0.1, -0.05) is 27.7 Å². The number of hydrogen-bond acceptors (Lipinski definition) is 4. The van der Waals surface area contributed by atoms with Crippen LogP contribution in [-0.2, 0) is 19.7 Å². The van der Waals surface area contributed by atoms with E-state index < -0.39 is 19.7 Å². The fraction of sp³-hybridized carbons (Fsp3) is 1.00. The first-order valence-electron chi connectivity index (χ1n) is 5.45. The third kappa shape index (κ3) is 8.10. The molecule has 0 amide bonds. The van der Waals surface area contributed by atoms with E-state index in [0.717, 1.165) is 0 Å². The molecule has 0 saturated heterocycles. The lowest BCUT2D eigenvalue weighted by molar-refractivity contribution is 0.573. The van der Waals surface area contributed by atoms with Gasteiger partial charge in [0.1, 0.15) is 0 Å². The van der Waals surface area contributed by atoms with E-state index in [1.54, 1.807) is 27.7 Å². The van der Waals surface area contributed by atoms with E-state index in [0.29, 0.717) is 0 Å². The van der Waals surface area contributed by atoms with Crippen molar-refractivity contribution in [1.82, 2.24) is 0 Å². The number of rotatable bonds is 7. The minimum absolute atomic E-state index is 0.0396. The molecule has 0 bridgehead atoms. The van der Waals surface area contributed by atoms with Crippen LogP contribution in [0.15, 0.2) is 0 Å². The second kappa shape index (κ2) is 6.00. The Hall–Kier alpha value is -0.100. The molecule has 0 aliphatic heterocycles. The van der Waals surface area contributed by atoms with Crippen LogP contribution >= 0.6 is 0 Å². The van der Waals surface area contributed by atoms with Crippen LogP contribution in [0.1, 0.15) is 27.7 Å². The molecule has 0 spiro atoms. The van der Waals surface area contributed by atoms with Crippen molar-refractivity contribution >= 4 is 19.7 Å². The molecule has 0 radical (unpaired) electrons. The first-order chi connectivity index (χ1) is 7.04. The fourth-order valence-corrected chi connectivity index (χ4v) is 5.83. The van der Waals surface area contributed by atoms with Gasteiger partial charge in [-0.25, -0.2) is 16.8 Å². The zero-order valence-electron chi connectivity index (χ0n) is 10.4. The summed E-state index contributed by atoms with van der Waals surface area (Å²) in [6, 6.07) is 0. The molecule has 0 unspecified atom stereocenters. The summed E-state index contributed by atoms with van der Waals surface area (Å²) < 4.78 is 46.0. The molecule has 0 rings (SSSR count). The van der Waals surface area contributed by atoms with E-state index >= 15 is 0 Å². The van der Waals surface area contributed by atoms with E-state index in [2.05, 4.69) is 0 Å². The van der Waals surface area contributed by atoms with E-state index in [1.807, 2.05) is 0 Å². The van der Waals surface area contributed by atoms with Crippen molar-refractivity contribution in [3.05, 3.63) is 0 Å². The molecular weight excluding hydrogens is 248 g/mol. The van der Waals surface area contributed by atoms with Crippen LogP contribution in [0, 0.1) is 11.8 Å². The Balaban J connectivity index is 4.35. The third-order valence-electron chi connectivity index (χ3n) is 1.88. The van der Waals surface area contributed by atoms with Crippen LogP contribution in [-0.4, -0.2) is 39.8 Å². The summed E-state index contributed by atoms with van der Waals surface area (Å²) >= 11 is 0. The minimum Gasteiger partial charge on any atom is -0.229 e. The topological polar surface area (TPSA) is 68.3 Å². The third-order valence-corrected chi connectivity index (χ3v) is 6.14. The van der Waals surface area contributed by atoms with Crippen LogP contribution in [0.25, 0.3) is 0 Å². The molecule has 0 fully saturated rings. The van der Waals surface area contributed by atoms with Crippen molar-refractivity contribution in [3.63, 3.8) is 0 Å². The highest BCUT2D eigenvalue weighted by atomic mass is 32.2. The fourth-order valence-electron chi connectivity index (χ4n) is 1.44. The van der Waals surface area contributed by atoms with Crippen molar-refractivity contribution in [2.45, 2.75) is 27.7 Å². The maximum Gasteiger partial charge on any atom is 0.151 e. The molecule has 6 heteroatoms. The maximum atomic E-state index is 11.5. The van der Waals surface area contributed by atoms with Gasteiger partial charge in [-0.3, -0.25) is 0 Å². The highest BCUT2D eigenvalue weighted by molar-refractivity contribution is 7.95. The lowest BCUT2D eigenvalue weighted by Gasteiger charge is -2.09. The van der Waals surface area contributed by atoms with Crippen LogP contribution < -0.4 is 0 Å². The smallest absolute Gasteiger partial charge is 0.151 e. The number of sulfone groups is 2. The van der Waals surface area contributed by atoms with E-state index in [-0.39, 0.29) is 34.8 Å². The lowest BCUT2D eigenvalue weighted by Crippen LogP contribution is -2.24. The molecule has 16 heavy (non-hydrogen) atoms. The highest BCUT2D eigenvalue weighted by Crippen LogP contribution is 2.05. The van der Waals surface area contributed by atoms with Gasteiger partial charge in [0.2, 0.25) is 0 Å². The summed E-state index contributed by atoms with van der Waals surface area (Å²) in [4.78, 5) is 0. The van der Waals surface area contributed by atoms with E-state index in [1.165, 1.54) is 0 Å². The van der Waals surface area contributed by atoms with Crippen LogP contribution in [0.3, 0.4) is 0 Å². The zero-order valence-corrected chi connectivity index (χ0v) is 12.1. The van der Waals surface area contributed by atoms with Gasteiger partial charge in [0.15, 0.2) is 19.7 Å². The first kappa shape index (κ1) is 15.9. The summed E-state index contributed by atoms with van der Waals surface area (Å²) in [5.74, 6) is -0.301. The maximum absolute atomic E-state index is 11.5. The van der Waals surface area contributed by atoms with E-state index in [4.69, 9.17) is 0 Å². The lowest BCUT2D eigenvalue weighted by atomic mass is 10.3. The van der Waals surface area contributed by atoms with Gasteiger partial charge in [0.25, 0.3) is 0 Å². The average Bonchev–Trinajstić information content (AvgIpc) is 1.96. The van der Waals surface area contributed by atoms with Gasteiger partial charge in [0.05, 0.1) is 23.0 Å². The molecule has 0 aromatic rings. The zero-order chi connectivity index (χ0) is 13.0. The average molecular weight is 270 g/mol. The molecule has 98 valence electrons. The van der Waals surface area contributed by atoms with Crippen molar-refractivity contribution in [2.24, 2.45) is 11.8 Å². The summed E-state index contributed by atoms with van der Waals surface area (Å²) in [5.41, 5.74) is 0. The Bertz CT molecular complexity index is 351. The Kier molecular flexibility index (Phi) is 5.96. The highest BCUT2D eigenvalue weighted by Gasteiger charge is 2.19. The van der Waals surface area contributed by atoms with Gasteiger partial charge in [-0.2, -0.15) is 0 Å². The van der Waals surface area contributed by atoms with Gasteiger partial charge < -0.3 is 0 Å². The Morgan fingerprint density at radius 3 is 1.12 bits per heavy atom. The van der Waals surface area contributed by atoms with Crippen molar-refractivity contribution in [1.29, 1.82) is 0 Å². The Morgan fingerprint density at radius 1 is 0.688 bits per heavy atom. The molecular formula is C10H22O4S2. The molecule has 0 atom stereocenters. The Labute approximate surface area is 99.3 Å². The van der Waals surface area contributed by atoms with Gasteiger partial charge in [0, 0.05) is 0 Å². The van der Waals surface area contributed by atoms with Crippen molar-refractivity contribution in [2.75, 3.05) is 23.0 Å². The summed E-state index contributed by atoms with van der Waals surface area (Å²) in [6.45, 7) is 7.22. The second-order valence-corrected chi connectivity index (χ2v) is 9.47. The molecule has 0 aliphatic carbocycles. The molecule has 0 heterocycles.